The first-order chi connectivity index (χ1) is 8.81. The van der Waals surface area contributed by atoms with Crippen LogP contribution in [0.5, 0.6) is 0 Å². The van der Waals surface area contributed by atoms with Crippen molar-refractivity contribution in [1.82, 2.24) is 15.5 Å². The number of nitrogens with zero attached hydrogens (tertiary/aromatic N) is 1. The van der Waals surface area contributed by atoms with E-state index in [-0.39, 0.29) is 5.82 Å². The van der Waals surface area contributed by atoms with Crippen molar-refractivity contribution in [2.24, 2.45) is 0 Å². The molecule has 1 aromatic heterocycles. The topological polar surface area (TPSA) is 40.7 Å². The zero-order chi connectivity index (χ0) is 12.4. The summed E-state index contributed by atoms with van der Waals surface area (Å²) in [6.07, 6.45) is 3.46. The van der Waals surface area contributed by atoms with Gasteiger partial charge in [-0.2, -0.15) is 5.10 Å². The number of nitrogens with one attached hydrogen (secondary N) is 2. The summed E-state index contributed by atoms with van der Waals surface area (Å²) >= 11 is 0. The molecule has 0 bridgehead atoms. The van der Waals surface area contributed by atoms with Crippen LogP contribution in [0.3, 0.4) is 0 Å². The molecule has 0 aliphatic carbocycles. The molecule has 1 atom stereocenters. The molecule has 1 aromatic carbocycles. The normalized spacial score (nSPS) is 19.3. The fourth-order valence-corrected chi connectivity index (χ4v) is 2.43. The number of hydrogen-bond donors (Lipinski definition) is 2. The van der Waals surface area contributed by atoms with E-state index >= 15 is 0 Å². The van der Waals surface area contributed by atoms with Crippen molar-refractivity contribution >= 4 is 0 Å². The third-order valence-corrected chi connectivity index (χ3v) is 3.40. The summed E-state index contributed by atoms with van der Waals surface area (Å²) in [7, 11) is 0. The van der Waals surface area contributed by atoms with E-state index in [1.54, 1.807) is 12.1 Å². The molecule has 3 rings (SSSR count). The lowest BCUT2D eigenvalue weighted by atomic mass is 10.1. The second-order valence-corrected chi connectivity index (χ2v) is 4.78. The molecule has 2 heterocycles. The molecule has 0 spiro atoms. The predicted octanol–water partition coefficient (Wildman–Crippen LogP) is 2.51. The third kappa shape index (κ3) is 2.43. The Kier molecular flexibility index (Phi) is 3.11. The quantitative estimate of drug-likeness (QED) is 0.872. The first-order valence-corrected chi connectivity index (χ1v) is 6.35. The second-order valence-electron chi connectivity index (χ2n) is 4.78. The average Bonchev–Trinajstić information content (AvgIpc) is 3.02. The summed E-state index contributed by atoms with van der Waals surface area (Å²) in [5, 5.41) is 10.8. The van der Waals surface area contributed by atoms with Crippen LogP contribution in [0.15, 0.2) is 30.3 Å². The Balaban J connectivity index is 1.74. The zero-order valence-corrected chi connectivity index (χ0v) is 10.1. The largest absolute Gasteiger partial charge is 0.314 e. The van der Waals surface area contributed by atoms with Gasteiger partial charge in [0.05, 0.1) is 5.69 Å². The van der Waals surface area contributed by atoms with Crippen molar-refractivity contribution in [3.63, 3.8) is 0 Å². The van der Waals surface area contributed by atoms with E-state index in [4.69, 9.17) is 0 Å². The maximum atomic E-state index is 12.8. The third-order valence-electron chi connectivity index (χ3n) is 3.40. The van der Waals surface area contributed by atoms with Crippen LogP contribution in [0.25, 0.3) is 11.3 Å². The molecule has 1 aliphatic heterocycles. The summed E-state index contributed by atoms with van der Waals surface area (Å²) in [4.78, 5) is 0. The van der Waals surface area contributed by atoms with E-state index in [0.717, 1.165) is 29.9 Å². The Hall–Kier alpha value is -1.68. The van der Waals surface area contributed by atoms with Crippen LogP contribution in [-0.4, -0.2) is 22.8 Å². The Labute approximate surface area is 105 Å². The van der Waals surface area contributed by atoms with Crippen LogP contribution in [-0.2, 0) is 6.42 Å². The van der Waals surface area contributed by atoms with Gasteiger partial charge in [0, 0.05) is 23.7 Å². The summed E-state index contributed by atoms with van der Waals surface area (Å²) in [5.74, 6) is -0.218. The first kappa shape index (κ1) is 11.4. The lowest BCUT2D eigenvalue weighted by molar-refractivity contribution is 0.594. The lowest BCUT2D eigenvalue weighted by Crippen LogP contribution is -2.23. The van der Waals surface area contributed by atoms with Crippen molar-refractivity contribution in [2.75, 3.05) is 6.54 Å². The molecule has 3 nitrogen and oxygen atoms in total. The Bertz CT molecular complexity index is 512. The average molecular weight is 245 g/mol. The minimum Gasteiger partial charge on any atom is -0.314 e. The molecule has 0 saturated carbocycles. The SMILES string of the molecule is Fc1ccc(-c2cc(CC3CCCN3)[nH]n2)cc1. The highest BCUT2D eigenvalue weighted by Crippen LogP contribution is 2.19. The molecule has 1 aliphatic rings. The van der Waals surface area contributed by atoms with Crippen molar-refractivity contribution in [1.29, 1.82) is 0 Å². The summed E-state index contributed by atoms with van der Waals surface area (Å²) in [6, 6.07) is 9.04. The molecule has 2 N–H and O–H groups in total. The molecule has 1 saturated heterocycles. The highest BCUT2D eigenvalue weighted by Gasteiger charge is 2.15. The fourth-order valence-electron chi connectivity index (χ4n) is 2.43. The summed E-state index contributed by atoms with van der Waals surface area (Å²) in [6.45, 7) is 1.11. The standard InChI is InChI=1S/C14H16FN3/c15-11-5-3-10(4-6-11)14-9-13(17-18-14)8-12-2-1-7-16-12/h3-6,9,12,16H,1-2,7-8H2,(H,17,18). The summed E-state index contributed by atoms with van der Waals surface area (Å²) in [5.41, 5.74) is 2.95. The highest BCUT2D eigenvalue weighted by molar-refractivity contribution is 5.59. The van der Waals surface area contributed by atoms with Crippen molar-refractivity contribution in [3.8, 4) is 11.3 Å². The summed E-state index contributed by atoms with van der Waals surface area (Å²) < 4.78 is 12.8. The van der Waals surface area contributed by atoms with E-state index in [1.807, 2.05) is 6.07 Å². The molecule has 18 heavy (non-hydrogen) atoms. The number of benzene rings is 1. The minimum absolute atomic E-state index is 0.218. The van der Waals surface area contributed by atoms with Gasteiger partial charge in [0.15, 0.2) is 0 Å². The van der Waals surface area contributed by atoms with Crippen molar-refractivity contribution in [2.45, 2.75) is 25.3 Å². The van der Waals surface area contributed by atoms with Crippen LogP contribution in [0.2, 0.25) is 0 Å². The number of aromatic amines is 1. The van der Waals surface area contributed by atoms with Crippen LogP contribution in [0.1, 0.15) is 18.5 Å². The minimum atomic E-state index is -0.218. The number of rotatable bonds is 3. The molecule has 0 amide bonds. The van der Waals surface area contributed by atoms with E-state index < -0.39 is 0 Å². The van der Waals surface area contributed by atoms with Crippen molar-refractivity contribution in [3.05, 3.63) is 41.8 Å². The van der Waals surface area contributed by atoms with Gasteiger partial charge < -0.3 is 5.32 Å². The number of aromatic nitrogens is 2. The zero-order valence-electron chi connectivity index (χ0n) is 10.1. The Morgan fingerprint density at radius 1 is 1.28 bits per heavy atom. The molecule has 1 unspecified atom stereocenters. The van der Waals surface area contributed by atoms with Crippen LogP contribution in [0.4, 0.5) is 4.39 Å². The van der Waals surface area contributed by atoms with Gasteiger partial charge in [-0.05, 0) is 49.7 Å². The fraction of sp³-hybridized carbons (Fsp3) is 0.357. The van der Waals surface area contributed by atoms with Crippen LogP contribution in [0, 0.1) is 5.82 Å². The number of H-pyrrole nitrogens is 1. The Morgan fingerprint density at radius 2 is 2.11 bits per heavy atom. The van der Waals surface area contributed by atoms with Gasteiger partial charge in [0.2, 0.25) is 0 Å². The van der Waals surface area contributed by atoms with Gasteiger partial charge >= 0.3 is 0 Å². The number of hydrogen-bond acceptors (Lipinski definition) is 2. The van der Waals surface area contributed by atoms with Crippen LogP contribution >= 0.6 is 0 Å². The molecule has 0 radical (unpaired) electrons. The van der Waals surface area contributed by atoms with Crippen molar-refractivity contribution < 1.29 is 4.39 Å². The molecule has 94 valence electrons. The smallest absolute Gasteiger partial charge is 0.123 e. The van der Waals surface area contributed by atoms with Gasteiger partial charge in [-0.3, -0.25) is 5.10 Å². The lowest BCUT2D eigenvalue weighted by Gasteiger charge is -2.06. The van der Waals surface area contributed by atoms with E-state index in [1.165, 1.54) is 25.0 Å². The maximum Gasteiger partial charge on any atom is 0.123 e. The monoisotopic (exact) mass is 245 g/mol. The Morgan fingerprint density at radius 3 is 2.83 bits per heavy atom. The molecule has 1 fully saturated rings. The molecule has 2 aromatic rings. The number of halogens is 1. The second kappa shape index (κ2) is 4.90. The van der Waals surface area contributed by atoms with Gasteiger partial charge in [-0.25, -0.2) is 4.39 Å². The van der Waals surface area contributed by atoms with E-state index in [2.05, 4.69) is 15.5 Å². The van der Waals surface area contributed by atoms with Gasteiger partial charge in [0.25, 0.3) is 0 Å². The highest BCUT2D eigenvalue weighted by atomic mass is 19.1. The maximum absolute atomic E-state index is 12.8. The molecular formula is C14H16FN3. The van der Waals surface area contributed by atoms with Gasteiger partial charge in [0.1, 0.15) is 5.82 Å². The molecular weight excluding hydrogens is 229 g/mol. The van der Waals surface area contributed by atoms with E-state index in [0.29, 0.717) is 6.04 Å². The van der Waals surface area contributed by atoms with E-state index in [9.17, 15) is 4.39 Å². The first-order valence-electron chi connectivity index (χ1n) is 6.35. The molecule has 4 heteroatoms. The van der Waals surface area contributed by atoms with Crippen LogP contribution < -0.4 is 5.32 Å². The predicted molar refractivity (Wildman–Crippen MR) is 68.7 cm³/mol. The van der Waals surface area contributed by atoms with Gasteiger partial charge in [-0.1, -0.05) is 0 Å². The van der Waals surface area contributed by atoms with Gasteiger partial charge in [-0.15, -0.1) is 0 Å².